The van der Waals surface area contributed by atoms with Gasteiger partial charge in [0.2, 0.25) is 5.91 Å². The molecule has 1 aliphatic rings. The van der Waals surface area contributed by atoms with Crippen LogP contribution >= 0.6 is 0 Å². The minimum Gasteiger partial charge on any atom is -0.477 e. The predicted octanol–water partition coefficient (Wildman–Crippen LogP) is 0.846. The van der Waals surface area contributed by atoms with Crippen LogP contribution in [0.1, 0.15) is 28.9 Å². The molecule has 1 amide bonds. The molecule has 16 heavy (non-hydrogen) atoms. The Hall–Kier alpha value is -1.78. The van der Waals surface area contributed by atoms with Crippen molar-refractivity contribution in [1.29, 1.82) is 0 Å². The van der Waals surface area contributed by atoms with E-state index in [9.17, 15) is 9.59 Å². The van der Waals surface area contributed by atoms with Crippen LogP contribution in [0.5, 0.6) is 0 Å². The summed E-state index contributed by atoms with van der Waals surface area (Å²) >= 11 is 0. The van der Waals surface area contributed by atoms with E-state index < -0.39 is 5.97 Å². The summed E-state index contributed by atoms with van der Waals surface area (Å²) in [6.45, 7) is 1.29. The maximum Gasteiger partial charge on any atom is 0.352 e. The predicted molar refractivity (Wildman–Crippen MR) is 57.0 cm³/mol. The van der Waals surface area contributed by atoms with Crippen LogP contribution in [0.15, 0.2) is 12.3 Å². The maximum absolute atomic E-state index is 11.4. The van der Waals surface area contributed by atoms with E-state index in [0.717, 1.165) is 18.5 Å². The minimum absolute atomic E-state index is 0.153. The molecule has 1 aromatic heterocycles. The lowest BCUT2D eigenvalue weighted by atomic mass is 10.3. The van der Waals surface area contributed by atoms with E-state index in [1.54, 1.807) is 28.8 Å². The van der Waals surface area contributed by atoms with Crippen molar-refractivity contribution in [1.82, 2.24) is 9.47 Å². The number of carbonyl (C=O) groups is 2. The standard InChI is InChI=1S/C11H14N2O3/c1-12-6-8(5-9(12)11(15)16)7-13-4-2-3-10(13)14/h5-6H,2-4,7H2,1H3,(H,15,16). The largest absolute Gasteiger partial charge is 0.477 e. The number of hydrogen-bond acceptors (Lipinski definition) is 2. The van der Waals surface area contributed by atoms with Gasteiger partial charge in [-0.3, -0.25) is 4.79 Å². The van der Waals surface area contributed by atoms with Crippen LogP contribution in [0.25, 0.3) is 0 Å². The number of aromatic nitrogens is 1. The van der Waals surface area contributed by atoms with Crippen molar-refractivity contribution in [3.8, 4) is 0 Å². The number of carboxylic acids is 1. The second-order valence-electron chi connectivity index (χ2n) is 4.07. The summed E-state index contributed by atoms with van der Waals surface area (Å²) in [7, 11) is 1.69. The van der Waals surface area contributed by atoms with Crippen molar-refractivity contribution < 1.29 is 14.7 Å². The molecule has 0 atom stereocenters. The Morgan fingerprint density at radius 2 is 2.31 bits per heavy atom. The average molecular weight is 222 g/mol. The molecule has 5 nitrogen and oxygen atoms in total. The van der Waals surface area contributed by atoms with Crippen molar-refractivity contribution in [3.05, 3.63) is 23.5 Å². The molecule has 0 radical (unpaired) electrons. The van der Waals surface area contributed by atoms with Gasteiger partial charge in [-0.1, -0.05) is 0 Å². The van der Waals surface area contributed by atoms with Crippen LogP contribution in [0, 0.1) is 0 Å². The molecule has 1 fully saturated rings. The van der Waals surface area contributed by atoms with E-state index in [1.165, 1.54) is 0 Å². The zero-order chi connectivity index (χ0) is 11.7. The second kappa shape index (κ2) is 4.00. The van der Waals surface area contributed by atoms with Gasteiger partial charge < -0.3 is 14.6 Å². The van der Waals surface area contributed by atoms with Crippen LogP contribution in [0.2, 0.25) is 0 Å². The lowest BCUT2D eigenvalue weighted by Crippen LogP contribution is -2.23. The highest BCUT2D eigenvalue weighted by molar-refractivity contribution is 5.86. The van der Waals surface area contributed by atoms with E-state index in [1.807, 2.05) is 0 Å². The molecule has 0 bridgehead atoms. The molecule has 1 aromatic rings. The third-order valence-corrected chi connectivity index (χ3v) is 2.83. The second-order valence-corrected chi connectivity index (χ2v) is 4.07. The Morgan fingerprint density at radius 1 is 1.56 bits per heavy atom. The first-order chi connectivity index (χ1) is 7.58. The zero-order valence-electron chi connectivity index (χ0n) is 9.14. The summed E-state index contributed by atoms with van der Waals surface area (Å²) < 4.78 is 1.57. The van der Waals surface area contributed by atoms with Crippen molar-refractivity contribution in [2.45, 2.75) is 19.4 Å². The SMILES string of the molecule is Cn1cc(CN2CCCC2=O)cc1C(=O)O. The Balaban J connectivity index is 2.13. The van der Waals surface area contributed by atoms with Gasteiger partial charge in [-0.05, 0) is 18.1 Å². The average Bonchev–Trinajstić information content (AvgIpc) is 2.75. The van der Waals surface area contributed by atoms with Gasteiger partial charge in [-0.25, -0.2) is 4.79 Å². The van der Waals surface area contributed by atoms with Gasteiger partial charge >= 0.3 is 5.97 Å². The minimum atomic E-state index is -0.943. The monoisotopic (exact) mass is 222 g/mol. The Labute approximate surface area is 93.3 Å². The van der Waals surface area contributed by atoms with Crippen molar-refractivity contribution in [3.63, 3.8) is 0 Å². The topological polar surface area (TPSA) is 62.5 Å². The highest BCUT2D eigenvalue weighted by atomic mass is 16.4. The van der Waals surface area contributed by atoms with Gasteiger partial charge in [0.15, 0.2) is 0 Å². The summed E-state index contributed by atoms with van der Waals surface area (Å²) in [6, 6.07) is 1.62. The Morgan fingerprint density at radius 3 is 2.81 bits per heavy atom. The first-order valence-corrected chi connectivity index (χ1v) is 5.24. The zero-order valence-corrected chi connectivity index (χ0v) is 9.14. The number of aromatic carboxylic acids is 1. The quantitative estimate of drug-likeness (QED) is 0.824. The van der Waals surface area contributed by atoms with Crippen molar-refractivity contribution in [2.24, 2.45) is 7.05 Å². The fourth-order valence-corrected chi connectivity index (χ4v) is 2.02. The van der Waals surface area contributed by atoms with Gasteiger partial charge in [0.25, 0.3) is 0 Å². The van der Waals surface area contributed by atoms with Crippen molar-refractivity contribution >= 4 is 11.9 Å². The number of hydrogen-bond donors (Lipinski definition) is 1. The molecule has 5 heteroatoms. The maximum atomic E-state index is 11.4. The summed E-state index contributed by atoms with van der Waals surface area (Å²) in [5.41, 5.74) is 1.12. The van der Waals surface area contributed by atoms with Gasteiger partial charge in [-0.15, -0.1) is 0 Å². The molecule has 2 rings (SSSR count). The summed E-state index contributed by atoms with van der Waals surface area (Å²) in [6.07, 6.45) is 3.27. The number of carbonyl (C=O) groups excluding carboxylic acids is 1. The van der Waals surface area contributed by atoms with Gasteiger partial charge in [0.05, 0.1) is 0 Å². The highest BCUT2D eigenvalue weighted by Gasteiger charge is 2.21. The van der Waals surface area contributed by atoms with Crippen LogP contribution in [-0.4, -0.2) is 33.0 Å². The summed E-state index contributed by atoms with van der Waals surface area (Å²) in [4.78, 5) is 24.0. The van der Waals surface area contributed by atoms with Crippen molar-refractivity contribution in [2.75, 3.05) is 6.54 Å². The molecule has 1 N–H and O–H groups in total. The van der Waals surface area contributed by atoms with Crippen LogP contribution in [0.4, 0.5) is 0 Å². The number of amides is 1. The lowest BCUT2D eigenvalue weighted by Gasteiger charge is -2.13. The summed E-state index contributed by atoms with van der Waals surface area (Å²) in [5.74, 6) is -0.790. The molecule has 0 aromatic carbocycles. The molecule has 0 aliphatic carbocycles. The van der Waals surface area contributed by atoms with E-state index in [-0.39, 0.29) is 11.6 Å². The third kappa shape index (κ3) is 1.93. The number of likely N-dealkylation sites (tertiary alicyclic amines) is 1. The fourth-order valence-electron chi connectivity index (χ4n) is 2.02. The Kier molecular flexibility index (Phi) is 2.68. The third-order valence-electron chi connectivity index (χ3n) is 2.83. The smallest absolute Gasteiger partial charge is 0.352 e. The summed E-state index contributed by atoms with van der Waals surface area (Å²) in [5, 5.41) is 8.89. The van der Waals surface area contributed by atoms with Crippen LogP contribution in [-0.2, 0) is 18.4 Å². The van der Waals surface area contributed by atoms with Gasteiger partial charge in [0, 0.05) is 32.8 Å². The fraction of sp³-hybridized carbons (Fsp3) is 0.455. The van der Waals surface area contributed by atoms with Crippen LogP contribution in [0.3, 0.4) is 0 Å². The first kappa shape index (κ1) is 10.7. The molecule has 1 saturated heterocycles. The van der Waals surface area contributed by atoms with Gasteiger partial charge in [0.1, 0.15) is 5.69 Å². The normalized spacial score (nSPS) is 15.8. The van der Waals surface area contributed by atoms with E-state index in [0.29, 0.717) is 13.0 Å². The van der Waals surface area contributed by atoms with E-state index >= 15 is 0 Å². The Bertz CT molecular complexity index is 436. The number of aryl methyl sites for hydroxylation is 1. The number of rotatable bonds is 3. The van der Waals surface area contributed by atoms with Gasteiger partial charge in [-0.2, -0.15) is 0 Å². The van der Waals surface area contributed by atoms with E-state index in [4.69, 9.17) is 5.11 Å². The lowest BCUT2D eigenvalue weighted by molar-refractivity contribution is -0.128. The number of carboxylic acid groups (broad SMARTS) is 1. The molecule has 1 aliphatic heterocycles. The van der Waals surface area contributed by atoms with E-state index in [2.05, 4.69) is 0 Å². The molecule has 86 valence electrons. The molecule has 0 unspecified atom stereocenters. The molecular weight excluding hydrogens is 208 g/mol. The molecule has 2 heterocycles. The van der Waals surface area contributed by atoms with Crippen LogP contribution < -0.4 is 0 Å². The molecule has 0 spiro atoms. The molecule has 0 saturated carbocycles. The highest BCUT2D eigenvalue weighted by Crippen LogP contribution is 2.15. The molecular formula is C11H14N2O3. The first-order valence-electron chi connectivity index (χ1n) is 5.24. The number of nitrogens with zero attached hydrogens (tertiary/aromatic N) is 2.